The lowest BCUT2D eigenvalue weighted by molar-refractivity contribution is -0.133. The molecule has 3 heterocycles. The Hall–Kier alpha value is -2.70. The van der Waals surface area contributed by atoms with E-state index in [0.29, 0.717) is 25.9 Å². The molecule has 2 atom stereocenters. The molecule has 30 heavy (non-hydrogen) atoms. The number of rotatable bonds is 5. The zero-order valence-corrected chi connectivity index (χ0v) is 17.4. The lowest BCUT2D eigenvalue weighted by Crippen LogP contribution is -2.54. The first-order valence-corrected chi connectivity index (χ1v) is 11.0. The third-order valence-corrected chi connectivity index (χ3v) is 7.12. The van der Waals surface area contributed by atoms with Crippen LogP contribution >= 0.6 is 0 Å². The fraction of sp³-hybridized carbons (Fsp3) is 0.565. The maximum atomic E-state index is 12.9. The first-order valence-electron chi connectivity index (χ1n) is 11.0. The molecule has 1 unspecified atom stereocenters. The average Bonchev–Trinajstić information content (AvgIpc) is 3.40. The molecular formula is C23H28N4O3. The summed E-state index contributed by atoms with van der Waals surface area (Å²) in [5.74, 6) is 0.0713. The van der Waals surface area contributed by atoms with Gasteiger partial charge in [-0.2, -0.15) is 0 Å². The van der Waals surface area contributed by atoms with Gasteiger partial charge in [0.1, 0.15) is 5.54 Å². The minimum atomic E-state index is -0.786. The van der Waals surface area contributed by atoms with Crippen LogP contribution < -0.4 is 10.2 Å². The van der Waals surface area contributed by atoms with Crippen molar-refractivity contribution in [3.63, 3.8) is 0 Å². The third kappa shape index (κ3) is 3.30. The predicted octanol–water partition coefficient (Wildman–Crippen LogP) is 1.67. The van der Waals surface area contributed by atoms with Crippen LogP contribution in [0.1, 0.15) is 50.2 Å². The van der Waals surface area contributed by atoms with Crippen LogP contribution in [-0.4, -0.2) is 59.9 Å². The summed E-state index contributed by atoms with van der Waals surface area (Å²) in [6.45, 7) is 5.03. The molecular weight excluding hydrogens is 380 g/mol. The van der Waals surface area contributed by atoms with Gasteiger partial charge in [-0.3, -0.25) is 19.4 Å². The molecule has 1 aliphatic carbocycles. The number of aliphatic imine (C=N–C) groups is 1. The molecule has 1 saturated carbocycles. The summed E-state index contributed by atoms with van der Waals surface area (Å²) < 4.78 is 0. The topological polar surface area (TPSA) is 82.1 Å². The van der Waals surface area contributed by atoms with E-state index in [1.54, 1.807) is 0 Å². The van der Waals surface area contributed by atoms with Crippen LogP contribution in [-0.2, 0) is 20.9 Å². The Morgan fingerprint density at radius 1 is 1.27 bits per heavy atom. The van der Waals surface area contributed by atoms with Crippen molar-refractivity contribution in [3.05, 3.63) is 29.3 Å². The number of ketones is 1. The van der Waals surface area contributed by atoms with Crippen LogP contribution in [0.3, 0.4) is 0 Å². The summed E-state index contributed by atoms with van der Waals surface area (Å²) in [6, 6.07) is 6.69. The SMILES string of the molecule is C[C@H]1CN(C(=O)CCC2(C3CC3)NC(=O)CC2=O)CCN1c1ccc2c(c1)C=NC2. The van der Waals surface area contributed by atoms with Gasteiger partial charge in [0.2, 0.25) is 11.8 Å². The molecule has 0 bridgehead atoms. The van der Waals surface area contributed by atoms with E-state index in [2.05, 4.69) is 40.3 Å². The fourth-order valence-corrected chi connectivity index (χ4v) is 5.28. The van der Waals surface area contributed by atoms with Crippen LogP contribution in [0.5, 0.6) is 0 Å². The van der Waals surface area contributed by atoms with Crippen LogP contribution in [0.25, 0.3) is 0 Å². The van der Waals surface area contributed by atoms with E-state index in [4.69, 9.17) is 0 Å². The lowest BCUT2D eigenvalue weighted by Gasteiger charge is -2.41. The molecule has 4 aliphatic rings. The van der Waals surface area contributed by atoms with E-state index in [1.165, 1.54) is 16.8 Å². The quantitative estimate of drug-likeness (QED) is 0.752. The summed E-state index contributed by atoms with van der Waals surface area (Å²) >= 11 is 0. The molecule has 0 aromatic heterocycles. The van der Waals surface area contributed by atoms with E-state index < -0.39 is 5.54 Å². The van der Waals surface area contributed by atoms with Crippen LogP contribution in [0, 0.1) is 5.92 Å². The molecule has 1 N–H and O–H groups in total. The second-order valence-corrected chi connectivity index (χ2v) is 9.13. The van der Waals surface area contributed by atoms with Crippen LogP contribution in [0.2, 0.25) is 0 Å². The number of amides is 2. The van der Waals surface area contributed by atoms with Gasteiger partial charge in [-0.05, 0) is 55.4 Å². The summed E-state index contributed by atoms with van der Waals surface area (Å²) in [5, 5.41) is 2.92. The number of nitrogens with one attached hydrogen (secondary N) is 1. The van der Waals surface area contributed by atoms with Crippen molar-refractivity contribution in [1.82, 2.24) is 10.2 Å². The lowest BCUT2D eigenvalue weighted by atomic mass is 9.85. The number of hydrogen-bond donors (Lipinski definition) is 1. The number of Topliss-reactive ketones (excluding diaryl/α,β-unsaturated/α-hetero) is 1. The standard InChI is InChI=1S/C23H28N4O3/c1-15-14-26(8-9-27(15)19-5-2-16-12-24-13-17(16)10-19)22(30)6-7-23(18-3-4-18)20(28)11-21(29)25-23/h2,5,10,13,15,18H,3-4,6-9,11-12,14H2,1H3,(H,25,29)/t15-,23?/m0/s1. The van der Waals surface area contributed by atoms with E-state index in [-0.39, 0.29) is 36.0 Å². The van der Waals surface area contributed by atoms with Gasteiger partial charge in [0, 0.05) is 44.0 Å². The zero-order valence-electron chi connectivity index (χ0n) is 17.4. The maximum absolute atomic E-state index is 12.9. The van der Waals surface area contributed by atoms with E-state index in [0.717, 1.165) is 25.9 Å². The molecule has 0 spiro atoms. The number of fused-ring (bicyclic) bond motifs is 1. The van der Waals surface area contributed by atoms with Crippen molar-refractivity contribution < 1.29 is 14.4 Å². The largest absolute Gasteiger partial charge is 0.365 e. The normalized spacial score (nSPS) is 28.1. The smallest absolute Gasteiger partial charge is 0.228 e. The molecule has 3 fully saturated rings. The van der Waals surface area contributed by atoms with Gasteiger partial charge < -0.3 is 15.1 Å². The summed E-state index contributed by atoms with van der Waals surface area (Å²) in [6.07, 6.45) is 4.56. The molecule has 158 valence electrons. The summed E-state index contributed by atoms with van der Waals surface area (Å²) in [5.41, 5.74) is 2.84. The minimum absolute atomic E-state index is 0.0267. The summed E-state index contributed by atoms with van der Waals surface area (Å²) in [4.78, 5) is 45.8. The van der Waals surface area contributed by atoms with Crippen molar-refractivity contribution in [2.45, 2.75) is 57.2 Å². The van der Waals surface area contributed by atoms with Gasteiger partial charge >= 0.3 is 0 Å². The van der Waals surface area contributed by atoms with Gasteiger partial charge in [-0.25, -0.2) is 0 Å². The van der Waals surface area contributed by atoms with E-state index >= 15 is 0 Å². The Kier molecular flexibility index (Phi) is 4.64. The van der Waals surface area contributed by atoms with Crippen molar-refractivity contribution >= 4 is 29.5 Å². The van der Waals surface area contributed by atoms with E-state index in [1.807, 2.05) is 11.1 Å². The number of carbonyl (C=O) groups excluding carboxylic acids is 3. The summed E-state index contributed by atoms with van der Waals surface area (Å²) in [7, 11) is 0. The highest BCUT2D eigenvalue weighted by atomic mass is 16.2. The van der Waals surface area contributed by atoms with Gasteiger partial charge in [0.25, 0.3) is 0 Å². The monoisotopic (exact) mass is 408 g/mol. The second kappa shape index (κ2) is 7.22. The highest BCUT2D eigenvalue weighted by Crippen LogP contribution is 2.45. The Bertz CT molecular complexity index is 938. The average molecular weight is 409 g/mol. The van der Waals surface area contributed by atoms with Crippen molar-refractivity contribution in [2.75, 3.05) is 24.5 Å². The zero-order chi connectivity index (χ0) is 20.9. The number of carbonyl (C=O) groups is 3. The third-order valence-electron chi connectivity index (χ3n) is 7.12. The molecule has 5 rings (SSSR count). The van der Waals surface area contributed by atoms with E-state index in [9.17, 15) is 14.4 Å². The first kappa shape index (κ1) is 19.3. The molecule has 3 aliphatic heterocycles. The van der Waals surface area contributed by atoms with Crippen molar-refractivity contribution in [2.24, 2.45) is 10.9 Å². The molecule has 7 nitrogen and oxygen atoms in total. The highest BCUT2D eigenvalue weighted by Gasteiger charge is 2.55. The van der Waals surface area contributed by atoms with Gasteiger partial charge in [0.05, 0.1) is 13.0 Å². The van der Waals surface area contributed by atoms with Gasteiger partial charge in [0.15, 0.2) is 5.78 Å². The van der Waals surface area contributed by atoms with Crippen LogP contribution in [0.4, 0.5) is 5.69 Å². The van der Waals surface area contributed by atoms with Crippen molar-refractivity contribution in [1.29, 1.82) is 0 Å². The molecule has 1 aromatic rings. The Labute approximate surface area is 176 Å². The van der Waals surface area contributed by atoms with Crippen molar-refractivity contribution in [3.8, 4) is 0 Å². The molecule has 1 aromatic carbocycles. The van der Waals surface area contributed by atoms with Crippen LogP contribution in [0.15, 0.2) is 23.2 Å². The number of anilines is 1. The first-order chi connectivity index (χ1) is 14.5. The number of benzene rings is 1. The molecule has 7 heteroatoms. The number of hydrogen-bond acceptors (Lipinski definition) is 5. The Balaban J connectivity index is 1.21. The highest BCUT2D eigenvalue weighted by molar-refractivity contribution is 6.10. The second-order valence-electron chi connectivity index (χ2n) is 9.13. The van der Waals surface area contributed by atoms with Gasteiger partial charge in [-0.1, -0.05) is 6.07 Å². The van der Waals surface area contributed by atoms with Gasteiger partial charge in [-0.15, -0.1) is 0 Å². The number of piperazine rings is 1. The number of nitrogens with zero attached hydrogens (tertiary/aromatic N) is 3. The molecule has 2 amide bonds. The predicted molar refractivity (Wildman–Crippen MR) is 114 cm³/mol. The molecule has 0 radical (unpaired) electrons. The minimum Gasteiger partial charge on any atom is -0.365 e. The fourth-order valence-electron chi connectivity index (χ4n) is 5.28. The molecule has 2 saturated heterocycles. The maximum Gasteiger partial charge on any atom is 0.228 e. The Morgan fingerprint density at radius 2 is 2.10 bits per heavy atom. The Morgan fingerprint density at radius 3 is 2.80 bits per heavy atom.